The molecule has 0 aliphatic heterocycles. The molecule has 0 atom stereocenters. The van der Waals surface area contributed by atoms with Crippen molar-refractivity contribution in [3.05, 3.63) is 171 Å². The lowest BCUT2D eigenvalue weighted by Gasteiger charge is -2.20. The number of nitro groups is 1. The van der Waals surface area contributed by atoms with Gasteiger partial charge in [0.2, 0.25) is 20.0 Å². The zero-order valence-electron chi connectivity index (χ0n) is 28.4. The minimum absolute atomic E-state index is 0.00768. The first-order valence-electron chi connectivity index (χ1n) is 16.8. The number of hydrogen-bond donors (Lipinski definition) is 4. The minimum Gasteiger partial charge on any atom is -0.357 e. The summed E-state index contributed by atoms with van der Waals surface area (Å²) < 4.78 is 84.8. The van der Waals surface area contributed by atoms with Crippen molar-refractivity contribution in [2.24, 2.45) is 0 Å². The van der Waals surface area contributed by atoms with E-state index in [2.05, 4.69) is 19.4 Å². The largest absolute Gasteiger partial charge is 0.357 e. The fraction of sp³-hybridized carbons (Fsp3) is 0.128. The van der Waals surface area contributed by atoms with E-state index in [9.17, 15) is 35.7 Å². The van der Waals surface area contributed by atoms with Gasteiger partial charge in [0.25, 0.3) is 5.69 Å². The molecule has 0 radical (unpaired) electrons. The highest BCUT2D eigenvalue weighted by atomic mass is 32.2. The first kappa shape index (κ1) is 36.6. The highest BCUT2D eigenvalue weighted by Gasteiger charge is 2.29. The summed E-state index contributed by atoms with van der Waals surface area (Å²) in [5, 5.41) is 13.3. The summed E-state index contributed by atoms with van der Waals surface area (Å²) in [6, 6.07) is 30.3. The lowest BCUT2D eigenvalue weighted by molar-refractivity contribution is -0.384. The molecule has 0 saturated heterocycles. The number of aromatic amines is 2. The molecule has 7 aromatic rings. The van der Waals surface area contributed by atoms with Gasteiger partial charge in [-0.15, -0.1) is 0 Å². The van der Waals surface area contributed by atoms with Crippen LogP contribution in [0.1, 0.15) is 34.0 Å². The Bertz CT molecular complexity index is 2540. The summed E-state index contributed by atoms with van der Waals surface area (Å²) in [6.07, 6.45) is 0.465. The van der Waals surface area contributed by atoms with Gasteiger partial charge in [0.15, 0.2) is 0 Å². The van der Waals surface area contributed by atoms with Crippen LogP contribution in [0.25, 0.3) is 21.8 Å². The van der Waals surface area contributed by atoms with Crippen molar-refractivity contribution >= 4 is 47.5 Å². The number of aromatic nitrogens is 2. The van der Waals surface area contributed by atoms with Crippen LogP contribution in [0.2, 0.25) is 0 Å². The van der Waals surface area contributed by atoms with E-state index in [1.807, 2.05) is 48.5 Å². The second kappa shape index (κ2) is 14.9. The number of rotatable bonds is 14. The molecule has 7 rings (SSSR count). The van der Waals surface area contributed by atoms with Crippen molar-refractivity contribution < 1.29 is 30.5 Å². The Morgan fingerprint density at radius 3 is 1.41 bits per heavy atom. The van der Waals surface area contributed by atoms with E-state index in [1.54, 1.807) is 12.1 Å². The molecule has 2 aromatic heterocycles. The molecule has 0 spiro atoms. The predicted molar refractivity (Wildman–Crippen MR) is 201 cm³/mol. The molecule has 276 valence electrons. The molecule has 0 fully saturated rings. The highest BCUT2D eigenvalue weighted by Crippen LogP contribution is 2.40. The van der Waals surface area contributed by atoms with Crippen LogP contribution in [0.5, 0.6) is 0 Å². The van der Waals surface area contributed by atoms with Crippen LogP contribution in [0.4, 0.5) is 14.5 Å². The average molecular weight is 770 g/mol. The molecule has 0 amide bonds. The number of nitrogens with one attached hydrogen (secondary N) is 4. The van der Waals surface area contributed by atoms with E-state index in [-0.39, 0.29) is 41.4 Å². The molecular formula is C39H33F2N5O6S2. The van der Waals surface area contributed by atoms with E-state index < -0.39 is 42.5 Å². The van der Waals surface area contributed by atoms with Gasteiger partial charge in [-0.05, 0) is 90.2 Å². The molecule has 5 aromatic carbocycles. The summed E-state index contributed by atoms with van der Waals surface area (Å²) in [7, 11) is -7.95. The first-order valence-corrected chi connectivity index (χ1v) is 19.8. The van der Waals surface area contributed by atoms with E-state index in [0.717, 1.165) is 57.2 Å². The van der Waals surface area contributed by atoms with Crippen molar-refractivity contribution in [1.29, 1.82) is 0 Å². The van der Waals surface area contributed by atoms with Gasteiger partial charge in [0, 0.05) is 58.4 Å². The Morgan fingerprint density at radius 1 is 0.593 bits per heavy atom. The van der Waals surface area contributed by atoms with Gasteiger partial charge in [0.1, 0.15) is 11.6 Å². The number of hydrogen-bond acceptors (Lipinski definition) is 6. The summed E-state index contributed by atoms with van der Waals surface area (Å²) in [6.45, 7) is -0.0154. The molecule has 15 heteroatoms. The summed E-state index contributed by atoms with van der Waals surface area (Å²) in [5.41, 5.74) is 5.11. The summed E-state index contributed by atoms with van der Waals surface area (Å²) >= 11 is 0. The van der Waals surface area contributed by atoms with Gasteiger partial charge in [-0.1, -0.05) is 48.5 Å². The third-order valence-corrected chi connectivity index (χ3v) is 12.2. The number of sulfonamides is 2. The van der Waals surface area contributed by atoms with Crippen LogP contribution in [0, 0.1) is 21.7 Å². The van der Waals surface area contributed by atoms with Crippen molar-refractivity contribution in [1.82, 2.24) is 19.4 Å². The standard InChI is InChI=1S/C39H33F2N5O6S2/c40-26-11-17-29(18-12-26)53(49,50)42-23-21-33-31-5-1-3-7-35(31)44-38(33)37(25-9-15-28(16-10-25)46(47)48)39-34(32-6-2-4-8-36(32)45-39)22-24-43-54(51,52)30-19-13-27(41)14-20-30/h1-20,37,42-45H,21-24H2. The minimum atomic E-state index is -3.97. The van der Waals surface area contributed by atoms with Crippen molar-refractivity contribution in [3.63, 3.8) is 0 Å². The monoisotopic (exact) mass is 769 g/mol. The molecule has 11 nitrogen and oxygen atoms in total. The second-order valence-electron chi connectivity index (χ2n) is 12.6. The molecule has 0 aliphatic rings. The molecule has 4 N–H and O–H groups in total. The first-order chi connectivity index (χ1) is 25.9. The maximum absolute atomic E-state index is 13.5. The van der Waals surface area contributed by atoms with Gasteiger partial charge >= 0.3 is 0 Å². The zero-order valence-corrected chi connectivity index (χ0v) is 30.1. The van der Waals surface area contributed by atoms with Crippen LogP contribution in [0.15, 0.2) is 131 Å². The Morgan fingerprint density at radius 2 is 1.00 bits per heavy atom. The van der Waals surface area contributed by atoms with Crippen molar-refractivity contribution in [2.45, 2.75) is 28.6 Å². The SMILES string of the molecule is O=[N+]([O-])c1ccc(C(c2[nH]c3ccccc3c2CCNS(=O)(=O)c2ccc(F)cc2)c2[nH]c3ccccc3c2CCNS(=O)(=O)c2ccc(F)cc2)cc1. The number of nitro benzene ring substituents is 1. The van der Waals surface area contributed by atoms with Crippen molar-refractivity contribution in [3.8, 4) is 0 Å². The van der Waals surface area contributed by atoms with Gasteiger partial charge in [-0.2, -0.15) is 0 Å². The Balaban J connectivity index is 1.31. The number of para-hydroxylation sites is 2. The summed E-state index contributed by atoms with van der Waals surface area (Å²) in [5.74, 6) is -1.73. The van der Waals surface area contributed by atoms with Gasteiger partial charge in [-0.3, -0.25) is 10.1 Å². The highest BCUT2D eigenvalue weighted by molar-refractivity contribution is 7.89. The average Bonchev–Trinajstić information content (AvgIpc) is 3.70. The van der Waals surface area contributed by atoms with E-state index in [0.29, 0.717) is 17.0 Å². The number of halogens is 2. The smallest absolute Gasteiger partial charge is 0.269 e. The van der Waals surface area contributed by atoms with Crippen molar-refractivity contribution in [2.75, 3.05) is 13.1 Å². The predicted octanol–water partition coefficient (Wildman–Crippen LogP) is 7.06. The van der Waals surface area contributed by atoms with Crippen LogP contribution in [-0.4, -0.2) is 44.8 Å². The maximum Gasteiger partial charge on any atom is 0.269 e. The van der Waals surface area contributed by atoms with Gasteiger partial charge in [0.05, 0.1) is 20.6 Å². The number of fused-ring (bicyclic) bond motifs is 2. The number of benzene rings is 5. The molecule has 0 bridgehead atoms. The zero-order chi connectivity index (χ0) is 38.0. The number of nitrogens with zero attached hydrogens (tertiary/aromatic N) is 1. The maximum atomic E-state index is 13.5. The fourth-order valence-electron chi connectivity index (χ4n) is 6.75. The van der Waals surface area contributed by atoms with Crippen LogP contribution in [-0.2, 0) is 32.9 Å². The lowest BCUT2D eigenvalue weighted by atomic mass is 9.86. The third kappa shape index (κ3) is 7.52. The van der Waals surface area contributed by atoms with E-state index in [1.165, 1.54) is 36.4 Å². The normalized spacial score (nSPS) is 12.2. The van der Waals surface area contributed by atoms with E-state index in [4.69, 9.17) is 0 Å². The molecule has 54 heavy (non-hydrogen) atoms. The molecule has 0 saturated carbocycles. The lowest BCUT2D eigenvalue weighted by Crippen LogP contribution is -2.26. The molecule has 0 unspecified atom stereocenters. The Labute approximate surface area is 309 Å². The fourth-order valence-corrected chi connectivity index (χ4v) is 8.82. The quantitative estimate of drug-likeness (QED) is 0.0683. The number of H-pyrrole nitrogens is 2. The Hall–Kier alpha value is -5.74. The summed E-state index contributed by atoms with van der Waals surface area (Å²) in [4.78, 5) is 18.1. The second-order valence-corrected chi connectivity index (χ2v) is 16.1. The van der Waals surface area contributed by atoms with Crippen LogP contribution in [0.3, 0.4) is 0 Å². The third-order valence-electron chi connectivity index (χ3n) is 9.29. The molecule has 2 heterocycles. The van der Waals surface area contributed by atoms with Gasteiger partial charge < -0.3 is 9.97 Å². The molecule has 0 aliphatic carbocycles. The topological polar surface area (TPSA) is 167 Å². The molecular weight excluding hydrogens is 737 g/mol. The number of non-ortho nitro benzene ring substituents is 1. The Kier molecular flexibility index (Phi) is 10.1. The van der Waals surface area contributed by atoms with Crippen LogP contribution < -0.4 is 9.44 Å². The van der Waals surface area contributed by atoms with E-state index >= 15 is 0 Å². The van der Waals surface area contributed by atoms with Gasteiger partial charge in [-0.25, -0.2) is 35.1 Å². The van der Waals surface area contributed by atoms with Crippen LogP contribution >= 0.6 is 0 Å².